The van der Waals surface area contributed by atoms with Crippen LogP contribution in [0.4, 0.5) is 5.82 Å². The molecule has 0 saturated heterocycles. The van der Waals surface area contributed by atoms with Crippen molar-refractivity contribution in [1.29, 1.82) is 0 Å². The predicted molar refractivity (Wildman–Crippen MR) is 76.1 cm³/mol. The minimum Gasteiger partial charge on any atom is -0.478 e. The van der Waals surface area contributed by atoms with Gasteiger partial charge in [0.25, 0.3) is 0 Å². The van der Waals surface area contributed by atoms with Gasteiger partial charge in [0.2, 0.25) is 0 Å². The van der Waals surface area contributed by atoms with Gasteiger partial charge in [-0.1, -0.05) is 41.9 Å². The third-order valence-corrected chi connectivity index (χ3v) is 3.07. The normalized spacial score (nSPS) is 11.9. The maximum atomic E-state index is 10.8. The highest BCUT2D eigenvalue weighted by atomic mass is 35.5. The van der Waals surface area contributed by atoms with Crippen LogP contribution in [0.5, 0.6) is 0 Å². The van der Waals surface area contributed by atoms with Crippen molar-refractivity contribution in [1.82, 2.24) is 4.98 Å². The van der Waals surface area contributed by atoms with Gasteiger partial charge in [0.1, 0.15) is 5.82 Å². The first-order valence-corrected chi connectivity index (χ1v) is 6.31. The van der Waals surface area contributed by atoms with Crippen LogP contribution in [0.2, 0.25) is 5.02 Å². The van der Waals surface area contributed by atoms with Crippen molar-refractivity contribution in [3.63, 3.8) is 0 Å². The van der Waals surface area contributed by atoms with Gasteiger partial charge in [0.15, 0.2) is 0 Å². The number of benzene rings is 1. The molecule has 0 spiro atoms. The van der Waals surface area contributed by atoms with Gasteiger partial charge in [-0.2, -0.15) is 0 Å². The van der Waals surface area contributed by atoms with Gasteiger partial charge >= 0.3 is 5.97 Å². The SMILES string of the molecule is O=C(O)c1cnc(NC(CO)c2ccccc2)c(Cl)c1. The quantitative estimate of drug-likeness (QED) is 0.789. The van der Waals surface area contributed by atoms with Gasteiger partial charge in [0.05, 0.1) is 23.2 Å². The minimum atomic E-state index is -1.09. The maximum absolute atomic E-state index is 10.8. The van der Waals surface area contributed by atoms with Gasteiger partial charge in [-0.25, -0.2) is 9.78 Å². The van der Waals surface area contributed by atoms with Crippen LogP contribution in [0.1, 0.15) is 22.0 Å². The lowest BCUT2D eigenvalue weighted by atomic mass is 10.1. The van der Waals surface area contributed by atoms with Crippen molar-refractivity contribution in [3.05, 3.63) is 58.7 Å². The standard InChI is InChI=1S/C14H13ClN2O3/c15-11-6-10(14(19)20)7-16-13(11)17-12(8-18)9-4-2-1-3-5-9/h1-7,12,18H,8H2,(H,16,17)(H,19,20). The molecule has 1 unspecified atom stereocenters. The Kier molecular flexibility index (Phi) is 4.55. The molecular weight excluding hydrogens is 280 g/mol. The van der Waals surface area contributed by atoms with Crippen LogP contribution in [-0.4, -0.2) is 27.8 Å². The Labute approximate surface area is 120 Å². The van der Waals surface area contributed by atoms with E-state index in [1.165, 1.54) is 12.3 Å². The zero-order chi connectivity index (χ0) is 14.5. The number of halogens is 1. The van der Waals surface area contributed by atoms with Crippen LogP contribution >= 0.6 is 11.6 Å². The highest BCUT2D eigenvalue weighted by Crippen LogP contribution is 2.25. The maximum Gasteiger partial charge on any atom is 0.337 e. The molecular formula is C14H13ClN2O3. The second kappa shape index (κ2) is 6.36. The second-order valence-corrected chi connectivity index (χ2v) is 4.56. The van der Waals surface area contributed by atoms with Gasteiger partial charge in [-0.15, -0.1) is 0 Å². The molecule has 0 aliphatic carbocycles. The number of aromatic nitrogens is 1. The number of pyridine rings is 1. The molecule has 3 N–H and O–H groups in total. The van der Waals surface area contributed by atoms with E-state index in [4.69, 9.17) is 16.7 Å². The number of anilines is 1. The summed E-state index contributed by atoms with van der Waals surface area (Å²) in [5, 5.41) is 21.5. The number of carboxylic acids is 1. The first-order chi connectivity index (χ1) is 9.61. The number of hydrogen-bond acceptors (Lipinski definition) is 4. The fourth-order valence-electron chi connectivity index (χ4n) is 1.75. The van der Waals surface area contributed by atoms with Crippen molar-refractivity contribution >= 4 is 23.4 Å². The van der Waals surface area contributed by atoms with Crippen molar-refractivity contribution < 1.29 is 15.0 Å². The average molecular weight is 293 g/mol. The Morgan fingerprint density at radius 1 is 1.35 bits per heavy atom. The molecule has 104 valence electrons. The van der Waals surface area contributed by atoms with Crippen LogP contribution in [0.15, 0.2) is 42.6 Å². The molecule has 2 rings (SSSR count). The van der Waals surface area contributed by atoms with Crippen LogP contribution in [0.25, 0.3) is 0 Å². The van der Waals surface area contributed by atoms with Crippen molar-refractivity contribution in [2.45, 2.75) is 6.04 Å². The second-order valence-electron chi connectivity index (χ2n) is 4.15. The molecule has 6 heteroatoms. The lowest BCUT2D eigenvalue weighted by Crippen LogP contribution is -2.16. The molecule has 0 amide bonds. The summed E-state index contributed by atoms with van der Waals surface area (Å²) in [5.41, 5.74) is 0.899. The molecule has 0 radical (unpaired) electrons. The molecule has 0 fully saturated rings. The van der Waals surface area contributed by atoms with Gasteiger partial charge in [-0.3, -0.25) is 0 Å². The van der Waals surface area contributed by atoms with Crippen LogP contribution in [0, 0.1) is 0 Å². The summed E-state index contributed by atoms with van der Waals surface area (Å²) in [6, 6.07) is 10.3. The average Bonchev–Trinajstić information content (AvgIpc) is 2.46. The number of aromatic carboxylic acids is 1. The topological polar surface area (TPSA) is 82.5 Å². The summed E-state index contributed by atoms with van der Waals surface area (Å²) < 4.78 is 0. The Morgan fingerprint density at radius 3 is 2.60 bits per heavy atom. The number of nitrogens with zero attached hydrogens (tertiary/aromatic N) is 1. The van der Waals surface area contributed by atoms with Crippen molar-refractivity contribution in [2.75, 3.05) is 11.9 Å². The molecule has 1 heterocycles. The summed E-state index contributed by atoms with van der Waals surface area (Å²) in [4.78, 5) is 14.8. The molecule has 1 aromatic heterocycles. The van der Waals surface area contributed by atoms with E-state index in [9.17, 15) is 9.90 Å². The summed E-state index contributed by atoms with van der Waals surface area (Å²) >= 11 is 5.99. The molecule has 1 aromatic carbocycles. The fraction of sp³-hybridized carbons (Fsp3) is 0.143. The van der Waals surface area contributed by atoms with Gasteiger partial charge in [-0.05, 0) is 11.6 Å². The lowest BCUT2D eigenvalue weighted by molar-refractivity contribution is 0.0696. The lowest BCUT2D eigenvalue weighted by Gasteiger charge is -2.18. The third kappa shape index (κ3) is 3.26. The van der Waals surface area contributed by atoms with E-state index in [1.54, 1.807) is 0 Å². The molecule has 0 aliphatic heterocycles. The van der Waals surface area contributed by atoms with Crippen LogP contribution in [0.3, 0.4) is 0 Å². The number of hydrogen-bond donors (Lipinski definition) is 3. The summed E-state index contributed by atoms with van der Waals surface area (Å²) in [6.07, 6.45) is 1.22. The zero-order valence-electron chi connectivity index (χ0n) is 10.5. The molecule has 5 nitrogen and oxygen atoms in total. The monoisotopic (exact) mass is 292 g/mol. The number of carbonyl (C=O) groups is 1. The van der Waals surface area contributed by atoms with Crippen LogP contribution < -0.4 is 5.32 Å². The summed E-state index contributed by atoms with van der Waals surface area (Å²) in [6.45, 7) is -0.136. The minimum absolute atomic E-state index is 0.0146. The molecule has 2 aromatic rings. The Morgan fingerprint density at radius 2 is 2.05 bits per heavy atom. The van der Waals surface area contributed by atoms with E-state index in [-0.39, 0.29) is 23.2 Å². The predicted octanol–water partition coefficient (Wildman–Crippen LogP) is 2.58. The Hall–Kier alpha value is -2.11. The van der Waals surface area contributed by atoms with Crippen molar-refractivity contribution in [3.8, 4) is 0 Å². The van der Waals surface area contributed by atoms with E-state index in [0.717, 1.165) is 5.56 Å². The summed E-state index contributed by atoms with van der Waals surface area (Å²) in [7, 11) is 0. The number of aliphatic hydroxyl groups is 1. The zero-order valence-corrected chi connectivity index (χ0v) is 11.2. The highest BCUT2D eigenvalue weighted by Gasteiger charge is 2.14. The largest absolute Gasteiger partial charge is 0.478 e. The molecule has 20 heavy (non-hydrogen) atoms. The highest BCUT2D eigenvalue weighted by molar-refractivity contribution is 6.33. The van der Waals surface area contributed by atoms with E-state index in [2.05, 4.69) is 10.3 Å². The number of nitrogens with one attached hydrogen (secondary N) is 1. The molecule has 1 atom stereocenters. The number of aliphatic hydroxyl groups excluding tert-OH is 1. The first-order valence-electron chi connectivity index (χ1n) is 5.93. The summed E-state index contributed by atoms with van der Waals surface area (Å²) in [5.74, 6) is -0.757. The Balaban J connectivity index is 2.22. The Bertz CT molecular complexity index is 605. The molecule has 0 saturated carbocycles. The fourth-order valence-corrected chi connectivity index (χ4v) is 1.97. The van der Waals surface area contributed by atoms with E-state index >= 15 is 0 Å². The van der Waals surface area contributed by atoms with E-state index in [1.807, 2.05) is 30.3 Å². The van der Waals surface area contributed by atoms with Gasteiger partial charge < -0.3 is 15.5 Å². The van der Waals surface area contributed by atoms with Crippen molar-refractivity contribution in [2.24, 2.45) is 0 Å². The first kappa shape index (κ1) is 14.3. The van der Waals surface area contributed by atoms with Crippen LogP contribution in [-0.2, 0) is 0 Å². The van der Waals surface area contributed by atoms with Gasteiger partial charge in [0, 0.05) is 6.20 Å². The van der Waals surface area contributed by atoms with E-state index in [0.29, 0.717) is 5.82 Å². The van der Waals surface area contributed by atoms with E-state index < -0.39 is 5.97 Å². The molecule has 0 aliphatic rings. The smallest absolute Gasteiger partial charge is 0.337 e. The third-order valence-electron chi connectivity index (χ3n) is 2.78. The number of carboxylic acid groups (broad SMARTS) is 1. The molecule has 0 bridgehead atoms. The number of rotatable bonds is 5.